The van der Waals surface area contributed by atoms with Gasteiger partial charge in [0.1, 0.15) is 5.69 Å². The predicted octanol–water partition coefficient (Wildman–Crippen LogP) is 2.44. The first-order valence-corrected chi connectivity index (χ1v) is 6.20. The van der Waals surface area contributed by atoms with Gasteiger partial charge in [-0.15, -0.1) is 15.0 Å². The van der Waals surface area contributed by atoms with Gasteiger partial charge in [0.25, 0.3) is 0 Å². The molecule has 1 aromatic heterocycles. The van der Waals surface area contributed by atoms with Crippen LogP contribution in [0.2, 0.25) is 5.02 Å². The van der Waals surface area contributed by atoms with Crippen LogP contribution in [-0.4, -0.2) is 32.6 Å². The maximum atomic E-state index is 11.1. The van der Waals surface area contributed by atoms with Crippen molar-refractivity contribution in [3.8, 4) is 5.69 Å². The number of nitrogens with zero attached hydrogens (tertiary/aromatic N) is 3. The molecule has 2 aromatic rings. The summed E-state index contributed by atoms with van der Waals surface area (Å²) in [5.41, 5.74) is 0.421. The van der Waals surface area contributed by atoms with Crippen LogP contribution in [-0.2, 0) is 0 Å². The van der Waals surface area contributed by atoms with Crippen LogP contribution >= 0.6 is 11.6 Å². The molecule has 19 heavy (non-hydrogen) atoms. The topological polar surface area (TPSA) is 80.0 Å². The number of aromatic nitrogens is 3. The van der Waals surface area contributed by atoms with Crippen molar-refractivity contribution < 1.29 is 9.90 Å². The molecular weight excluding hydrogens is 268 g/mol. The molecule has 0 saturated heterocycles. The van der Waals surface area contributed by atoms with Crippen LogP contribution in [0.3, 0.4) is 0 Å². The van der Waals surface area contributed by atoms with Gasteiger partial charge in [0.05, 0.1) is 5.02 Å². The predicted molar refractivity (Wildman–Crippen MR) is 72.1 cm³/mol. The molecule has 6 nitrogen and oxygen atoms in total. The molecule has 0 spiro atoms. The summed E-state index contributed by atoms with van der Waals surface area (Å²) in [4.78, 5) is 12.4. The lowest BCUT2D eigenvalue weighted by Crippen LogP contribution is -2.06. The highest BCUT2D eigenvalue weighted by molar-refractivity contribution is 6.32. The third-order valence-electron chi connectivity index (χ3n) is 2.43. The zero-order chi connectivity index (χ0) is 13.8. The number of benzene rings is 1. The highest BCUT2D eigenvalue weighted by atomic mass is 35.5. The first-order valence-electron chi connectivity index (χ1n) is 5.83. The number of halogens is 1. The van der Waals surface area contributed by atoms with E-state index in [0.29, 0.717) is 17.3 Å². The van der Waals surface area contributed by atoms with Crippen LogP contribution in [0.15, 0.2) is 24.3 Å². The molecule has 0 radical (unpaired) electrons. The van der Waals surface area contributed by atoms with Crippen molar-refractivity contribution in [3.63, 3.8) is 0 Å². The van der Waals surface area contributed by atoms with Crippen LogP contribution in [0.4, 0.5) is 5.82 Å². The van der Waals surface area contributed by atoms with E-state index in [-0.39, 0.29) is 11.5 Å². The van der Waals surface area contributed by atoms with E-state index in [0.717, 1.165) is 6.42 Å². The van der Waals surface area contributed by atoms with Gasteiger partial charge >= 0.3 is 5.97 Å². The highest BCUT2D eigenvalue weighted by Gasteiger charge is 2.18. The minimum atomic E-state index is -1.13. The van der Waals surface area contributed by atoms with E-state index in [1.807, 2.05) is 6.92 Å². The Labute approximate surface area is 115 Å². The zero-order valence-electron chi connectivity index (χ0n) is 10.3. The van der Waals surface area contributed by atoms with Crippen molar-refractivity contribution in [2.45, 2.75) is 13.3 Å². The summed E-state index contributed by atoms with van der Waals surface area (Å²) in [5.74, 6) is -0.883. The van der Waals surface area contributed by atoms with E-state index in [1.54, 1.807) is 24.3 Å². The zero-order valence-corrected chi connectivity index (χ0v) is 11.1. The summed E-state index contributed by atoms with van der Waals surface area (Å²) in [6, 6.07) is 6.98. The van der Waals surface area contributed by atoms with E-state index >= 15 is 0 Å². The number of hydrogen-bond acceptors (Lipinski definition) is 4. The van der Waals surface area contributed by atoms with Gasteiger partial charge < -0.3 is 10.4 Å². The number of carbonyl (C=O) groups is 1. The molecule has 0 bridgehead atoms. The fraction of sp³-hybridized carbons (Fsp3) is 0.250. The lowest BCUT2D eigenvalue weighted by Gasteiger charge is -2.01. The molecule has 1 aromatic carbocycles. The Morgan fingerprint density at radius 1 is 1.42 bits per heavy atom. The molecule has 7 heteroatoms. The van der Waals surface area contributed by atoms with Crippen LogP contribution in [0.1, 0.15) is 23.8 Å². The number of carboxylic acids is 1. The lowest BCUT2D eigenvalue weighted by atomic mass is 10.3. The van der Waals surface area contributed by atoms with Gasteiger partial charge in [-0.05, 0) is 18.6 Å². The summed E-state index contributed by atoms with van der Waals surface area (Å²) < 4.78 is 0. The van der Waals surface area contributed by atoms with Crippen LogP contribution in [0, 0.1) is 0 Å². The van der Waals surface area contributed by atoms with Gasteiger partial charge in [-0.1, -0.05) is 30.7 Å². The largest absolute Gasteiger partial charge is 0.476 e. The van der Waals surface area contributed by atoms with Gasteiger partial charge in [0, 0.05) is 6.54 Å². The fourth-order valence-corrected chi connectivity index (χ4v) is 1.75. The van der Waals surface area contributed by atoms with Crippen molar-refractivity contribution in [1.82, 2.24) is 15.0 Å². The normalized spacial score (nSPS) is 10.4. The Bertz CT molecular complexity index is 597. The minimum Gasteiger partial charge on any atom is -0.476 e. The third-order valence-corrected chi connectivity index (χ3v) is 2.75. The van der Waals surface area contributed by atoms with Crippen molar-refractivity contribution in [1.29, 1.82) is 0 Å². The second-order valence-corrected chi connectivity index (χ2v) is 4.28. The SMILES string of the molecule is CCCNc1nn(-c2ccccc2Cl)nc1C(=O)O. The fourth-order valence-electron chi connectivity index (χ4n) is 1.53. The number of anilines is 1. The molecule has 0 fully saturated rings. The van der Waals surface area contributed by atoms with E-state index < -0.39 is 5.97 Å². The standard InChI is InChI=1S/C12H13ClN4O2/c1-2-7-14-11-10(12(18)19)15-17(16-11)9-6-4-3-5-8(9)13/h3-6H,2,7H2,1H3,(H,14,16)(H,18,19). The molecule has 2 N–H and O–H groups in total. The maximum Gasteiger partial charge on any atom is 0.360 e. The van der Waals surface area contributed by atoms with Gasteiger partial charge in [-0.25, -0.2) is 4.79 Å². The number of para-hydroxylation sites is 1. The Morgan fingerprint density at radius 3 is 2.79 bits per heavy atom. The average Bonchev–Trinajstić information content (AvgIpc) is 2.81. The summed E-state index contributed by atoms with van der Waals surface area (Å²) in [7, 11) is 0. The second kappa shape index (κ2) is 5.71. The molecule has 0 unspecified atom stereocenters. The smallest absolute Gasteiger partial charge is 0.360 e. The number of hydrogen-bond donors (Lipinski definition) is 2. The first kappa shape index (κ1) is 13.4. The van der Waals surface area contributed by atoms with Crippen molar-refractivity contribution in [2.24, 2.45) is 0 Å². The number of carboxylic acid groups (broad SMARTS) is 1. The van der Waals surface area contributed by atoms with Crippen molar-refractivity contribution >= 4 is 23.4 Å². The summed E-state index contributed by atoms with van der Waals surface area (Å²) in [6.45, 7) is 2.60. The van der Waals surface area contributed by atoms with Crippen LogP contribution in [0.25, 0.3) is 5.69 Å². The van der Waals surface area contributed by atoms with E-state index in [9.17, 15) is 4.79 Å². The molecule has 1 heterocycles. The quantitative estimate of drug-likeness (QED) is 0.879. The highest BCUT2D eigenvalue weighted by Crippen LogP contribution is 2.20. The molecule has 0 aliphatic rings. The number of aromatic carboxylic acids is 1. The summed E-state index contributed by atoms with van der Waals surface area (Å²) in [6.07, 6.45) is 0.859. The van der Waals surface area contributed by atoms with Gasteiger partial charge in [0.15, 0.2) is 5.82 Å². The minimum absolute atomic E-state index is 0.117. The number of nitrogens with one attached hydrogen (secondary N) is 1. The van der Waals surface area contributed by atoms with Crippen molar-refractivity contribution in [2.75, 3.05) is 11.9 Å². The van der Waals surface area contributed by atoms with E-state index in [4.69, 9.17) is 16.7 Å². The van der Waals surface area contributed by atoms with E-state index in [2.05, 4.69) is 15.5 Å². The van der Waals surface area contributed by atoms with Gasteiger partial charge in [0.2, 0.25) is 5.69 Å². The lowest BCUT2D eigenvalue weighted by molar-refractivity contribution is 0.0691. The third kappa shape index (κ3) is 2.85. The second-order valence-electron chi connectivity index (χ2n) is 3.87. The molecule has 0 aliphatic carbocycles. The molecule has 0 aliphatic heterocycles. The monoisotopic (exact) mass is 280 g/mol. The van der Waals surface area contributed by atoms with E-state index in [1.165, 1.54) is 4.80 Å². The molecule has 0 amide bonds. The number of rotatable bonds is 5. The van der Waals surface area contributed by atoms with Gasteiger partial charge in [-0.2, -0.15) is 0 Å². The first-order chi connectivity index (χ1) is 9.13. The Balaban J connectivity index is 2.43. The van der Waals surface area contributed by atoms with Crippen LogP contribution < -0.4 is 5.32 Å². The summed E-state index contributed by atoms with van der Waals surface area (Å²) >= 11 is 6.04. The Hall–Kier alpha value is -2.08. The Kier molecular flexibility index (Phi) is 4.01. The average molecular weight is 281 g/mol. The molecule has 0 atom stereocenters. The van der Waals surface area contributed by atoms with Gasteiger partial charge in [-0.3, -0.25) is 0 Å². The molecule has 100 valence electrons. The van der Waals surface area contributed by atoms with Crippen LogP contribution in [0.5, 0.6) is 0 Å². The Morgan fingerprint density at radius 2 is 2.16 bits per heavy atom. The molecular formula is C12H13ClN4O2. The maximum absolute atomic E-state index is 11.1. The molecule has 2 rings (SSSR count). The molecule has 0 saturated carbocycles. The van der Waals surface area contributed by atoms with Crippen molar-refractivity contribution in [3.05, 3.63) is 35.0 Å². The summed E-state index contributed by atoms with van der Waals surface area (Å²) in [5, 5.41) is 20.6.